The molecule has 3 aromatic rings. The number of carbonyl (C=O) groups is 1. The number of rotatable bonds is 8. The molecule has 1 heterocycles. The second-order valence-corrected chi connectivity index (χ2v) is 7.63. The Hall–Kier alpha value is -3.11. The van der Waals surface area contributed by atoms with Crippen molar-refractivity contribution in [1.29, 1.82) is 0 Å². The third kappa shape index (κ3) is 4.71. The fourth-order valence-electron chi connectivity index (χ4n) is 4.18. The largest absolute Gasteiger partial charge is 0.509 e. The molecule has 4 rings (SSSR count). The molecule has 0 N–H and O–H groups in total. The summed E-state index contributed by atoms with van der Waals surface area (Å²) in [5, 5.41) is 0. The smallest absolute Gasteiger partial charge is 0.425 e. The second-order valence-electron chi connectivity index (χ2n) is 7.63. The summed E-state index contributed by atoms with van der Waals surface area (Å²) in [4.78, 5) is 14.5. The molecule has 30 heavy (non-hydrogen) atoms. The minimum Gasteiger partial charge on any atom is -0.425 e. The van der Waals surface area contributed by atoms with E-state index in [1.807, 2.05) is 42.5 Å². The summed E-state index contributed by atoms with van der Waals surface area (Å²) >= 11 is 0. The highest BCUT2D eigenvalue weighted by atomic mass is 16.8. The number of hydrogen-bond acceptors (Lipinski definition) is 4. The van der Waals surface area contributed by atoms with E-state index in [0.717, 1.165) is 25.1 Å². The predicted octanol–water partition coefficient (Wildman–Crippen LogP) is 5.74. The third-order valence-corrected chi connectivity index (χ3v) is 5.61. The van der Waals surface area contributed by atoms with Gasteiger partial charge in [0.25, 0.3) is 0 Å². The number of nitrogens with zero attached hydrogens (tertiary/aromatic N) is 1. The zero-order valence-electron chi connectivity index (χ0n) is 17.2. The van der Waals surface area contributed by atoms with Gasteiger partial charge in [-0.1, -0.05) is 97.9 Å². The highest BCUT2D eigenvalue weighted by molar-refractivity contribution is 5.63. The summed E-state index contributed by atoms with van der Waals surface area (Å²) in [6, 6.07) is 30.7. The topological polar surface area (TPSA) is 38.8 Å². The molecule has 1 aliphatic rings. The lowest BCUT2D eigenvalue weighted by atomic mass is 9.95. The Labute approximate surface area is 178 Å². The van der Waals surface area contributed by atoms with Gasteiger partial charge in [-0.05, 0) is 23.1 Å². The Kier molecular flexibility index (Phi) is 6.45. The first kappa shape index (κ1) is 20.2. The molecule has 4 heteroatoms. The van der Waals surface area contributed by atoms with Gasteiger partial charge >= 0.3 is 6.16 Å². The summed E-state index contributed by atoms with van der Waals surface area (Å²) in [6.45, 7) is 3.68. The zero-order valence-corrected chi connectivity index (χ0v) is 17.2. The van der Waals surface area contributed by atoms with Gasteiger partial charge in [-0.25, -0.2) is 4.79 Å². The lowest BCUT2D eigenvalue weighted by Crippen LogP contribution is -2.44. The Morgan fingerprint density at radius 3 is 1.77 bits per heavy atom. The van der Waals surface area contributed by atoms with Crippen LogP contribution in [0.15, 0.2) is 91.0 Å². The zero-order chi connectivity index (χ0) is 20.8. The van der Waals surface area contributed by atoms with Crippen LogP contribution in [0.25, 0.3) is 0 Å². The Bertz CT molecular complexity index is 889. The molecule has 154 valence electrons. The Balaban J connectivity index is 1.64. The van der Waals surface area contributed by atoms with E-state index in [1.165, 1.54) is 11.1 Å². The van der Waals surface area contributed by atoms with Crippen molar-refractivity contribution in [3.8, 4) is 0 Å². The van der Waals surface area contributed by atoms with Crippen LogP contribution < -0.4 is 0 Å². The van der Waals surface area contributed by atoms with Crippen LogP contribution in [0.5, 0.6) is 0 Å². The number of hydrogen-bond donors (Lipinski definition) is 0. The highest BCUT2D eigenvalue weighted by Crippen LogP contribution is 2.35. The van der Waals surface area contributed by atoms with Crippen molar-refractivity contribution in [2.75, 3.05) is 0 Å². The van der Waals surface area contributed by atoms with Crippen molar-refractivity contribution in [1.82, 2.24) is 4.90 Å². The van der Waals surface area contributed by atoms with Crippen LogP contribution in [0.2, 0.25) is 0 Å². The van der Waals surface area contributed by atoms with Gasteiger partial charge in [0.15, 0.2) is 12.2 Å². The van der Waals surface area contributed by atoms with E-state index in [9.17, 15) is 4.79 Å². The molecular formula is C26H27NO3. The fourth-order valence-corrected chi connectivity index (χ4v) is 4.18. The van der Waals surface area contributed by atoms with Crippen LogP contribution in [0.3, 0.4) is 0 Å². The minimum absolute atomic E-state index is 0.0158. The first-order valence-electron chi connectivity index (χ1n) is 10.5. The minimum atomic E-state index is -0.591. The van der Waals surface area contributed by atoms with E-state index in [2.05, 4.69) is 60.4 Å². The van der Waals surface area contributed by atoms with Gasteiger partial charge in [-0.3, -0.25) is 4.90 Å². The number of carbonyl (C=O) groups excluding carboxylic acids is 1. The number of benzene rings is 3. The molecule has 3 aromatic carbocycles. The van der Waals surface area contributed by atoms with Gasteiger partial charge in [-0.2, -0.15) is 0 Å². The first-order valence-corrected chi connectivity index (χ1v) is 10.5. The molecule has 0 radical (unpaired) electrons. The maximum absolute atomic E-state index is 12.1. The maximum atomic E-state index is 12.1. The second kappa shape index (κ2) is 9.59. The Morgan fingerprint density at radius 2 is 1.27 bits per heavy atom. The quantitative estimate of drug-likeness (QED) is 0.451. The molecule has 1 aliphatic heterocycles. The van der Waals surface area contributed by atoms with E-state index in [-0.39, 0.29) is 12.1 Å². The van der Waals surface area contributed by atoms with Crippen molar-refractivity contribution >= 4 is 6.16 Å². The molecular weight excluding hydrogens is 374 g/mol. The fraction of sp³-hybridized carbons (Fsp3) is 0.269. The maximum Gasteiger partial charge on any atom is 0.509 e. The molecule has 1 fully saturated rings. The molecule has 4 nitrogen and oxygen atoms in total. The Morgan fingerprint density at radius 1 is 0.767 bits per heavy atom. The van der Waals surface area contributed by atoms with Crippen LogP contribution in [0.1, 0.15) is 36.1 Å². The molecule has 0 saturated carbocycles. The van der Waals surface area contributed by atoms with Crippen molar-refractivity contribution in [2.24, 2.45) is 0 Å². The van der Waals surface area contributed by atoms with Crippen molar-refractivity contribution in [3.63, 3.8) is 0 Å². The van der Waals surface area contributed by atoms with Gasteiger partial charge in [0, 0.05) is 13.1 Å². The monoisotopic (exact) mass is 401 g/mol. The summed E-state index contributed by atoms with van der Waals surface area (Å²) < 4.78 is 11.3. The van der Waals surface area contributed by atoms with E-state index < -0.39 is 12.3 Å². The van der Waals surface area contributed by atoms with Gasteiger partial charge in [0.1, 0.15) is 0 Å². The molecule has 0 aromatic heterocycles. The number of ether oxygens (including phenoxy) is 2. The summed E-state index contributed by atoms with van der Waals surface area (Å²) in [7, 11) is 0. The summed E-state index contributed by atoms with van der Waals surface area (Å²) in [5.74, 6) is 0. The van der Waals surface area contributed by atoms with E-state index in [4.69, 9.17) is 9.47 Å². The van der Waals surface area contributed by atoms with Crippen LogP contribution in [0, 0.1) is 0 Å². The lowest BCUT2D eigenvalue weighted by molar-refractivity contribution is 0.0296. The van der Waals surface area contributed by atoms with Crippen molar-refractivity contribution < 1.29 is 14.3 Å². The van der Waals surface area contributed by atoms with Crippen molar-refractivity contribution in [3.05, 3.63) is 108 Å². The van der Waals surface area contributed by atoms with Crippen LogP contribution in [-0.4, -0.2) is 23.2 Å². The van der Waals surface area contributed by atoms with Gasteiger partial charge in [0.05, 0.1) is 6.04 Å². The molecule has 0 aliphatic carbocycles. The van der Waals surface area contributed by atoms with Crippen molar-refractivity contribution in [2.45, 2.75) is 44.7 Å². The predicted molar refractivity (Wildman–Crippen MR) is 117 cm³/mol. The summed E-state index contributed by atoms with van der Waals surface area (Å²) in [6.07, 6.45) is -0.522. The van der Waals surface area contributed by atoms with Gasteiger partial charge < -0.3 is 9.47 Å². The van der Waals surface area contributed by atoms with E-state index in [1.54, 1.807) is 0 Å². The van der Waals surface area contributed by atoms with Crippen LogP contribution >= 0.6 is 0 Å². The molecule has 1 saturated heterocycles. The lowest BCUT2D eigenvalue weighted by Gasteiger charge is -2.35. The highest BCUT2D eigenvalue weighted by Gasteiger charge is 2.44. The first-order chi connectivity index (χ1) is 14.7. The average Bonchev–Trinajstić information content (AvgIpc) is 3.17. The standard InChI is InChI=1S/C26H27NO3/c1-2-23(25-24(29-26(28)30-25)22-16-10-5-11-17-22)27(18-20-12-6-3-7-13-20)19-21-14-8-4-9-15-21/h3-17,23-25H,2,18-19H2,1H3/t23-,24+,25-/m1/s1. The van der Waals surface area contributed by atoms with Gasteiger partial charge in [-0.15, -0.1) is 0 Å². The van der Waals surface area contributed by atoms with Crippen LogP contribution in [-0.2, 0) is 22.6 Å². The molecule has 0 unspecified atom stereocenters. The van der Waals surface area contributed by atoms with Gasteiger partial charge in [0.2, 0.25) is 0 Å². The SMILES string of the molecule is CC[C@H]([C@H]1OC(=O)O[C@H]1c1ccccc1)N(Cc1ccccc1)Cc1ccccc1. The molecule has 3 atom stereocenters. The third-order valence-electron chi connectivity index (χ3n) is 5.61. The normalized spacial score (nSPS) is 19.3. The van der Waals surface area contributed by atoms with Crippen LogP contribution in [0.4, 0.5) is 4.79 Å². The summed E-state index contributed by atoms with van der Waals surface area (Å²) in [5.41, 5.74) is 3.42. The average molecular weight is 402 g/mol. The molecule has 0 bridgehead atoms. The number of cyclic esters (lactones) is 2. The van der Waals surface area contributed by atoms with E-state index >= 15 is 0 Å². The van der Waals surface area contributed by atoms with E-state index in [0.29, 0.717) is 0 Å². The molecule has 0 spiro atoms. The molecule has 0 amide bonds.